The Kier molecular flexibility index (Phi) is 8.46. The Morgan fingerprint density at radius 3 is 2.32 bits per heavy atom. The smallest absolute Gasteiger partial charge is 0.410 e. The van der Waals surface area contributed by atoms with Gasteiger partial charge < -0.3 is 33.6 Å². The van der Waals surface area contributed by atoms with Gasteiger partial charge in [0.2, 0.25) is 5.89 Å². The quantitative estimate of drug-likeness (QED) is 0.421. The number of nitrogens with one attached hydrogen (secondary N) is 1. The lowest BCUT2D eigenvalue weighted by atomic mass is 9.96. The number of aryl methyl sites for hydroxylation is 1. The molecule has 2 N–H and O–H groups in total. The Hall–Kier alpha value is -4.02. The molecule has 0 radical (unpaired) electrons. The summed E-state index contributed by atoms with van der Waals surface area (Å²) >= 11 is 0. The molecular formula is C26H34N4O7. The van der Waals surface area contributed by atoms with Crippen molar-refractivity contribution < 1.29 is 28.5 Å². The Labute approximate surface area is 215 Å². The maximum atomic E-state index is 13.1. The normalized spacial score (nSPS) is 11.3. The fourth-order valence-corrected chi connectivity index (χ4v) is 3.77. The van der Waals surface area contributed by atoms with Crippen molar-refractivity contribution in [3.63, 3.8) is 0 Å². The number of hydrogen-bond acceptors (Lipinski definition) is 9. The van der Waals surface area contributed by atoms with Gasteiger partial charge in [0, 0.05) is 12.7 Å². The molecule has 200 valence electrons. The van der Waals surface area contributed by atoms with E-state index in [2.05, 4.69) is 15.2 Å². The van der Waals surface area contributed by atoms with E-state index < -0.39 is 17.3 Å². The van der Waals surface area contributed by atoms with E-state index in [1.165, 1.54) is 26.2 Å². The molecule has 0 spiro atoms. The first-order chi connectivity index (χ1) is 17.5. The van der Waals surface area contributed by atoms with Gasteiger partial charge in [0.1, 0.15) is 35.0 Å². The van der Waals surface area contributed by atoms with Crippen LogP contribution in [-0.2, 0) is 17.7 Å². The van der Waals surface area contributed by atoms with Gasteiger partial charge >= 0.3 is 6.09 Å². The van der Waals surface area contributed by atoms with Gasteiger partial charge in [-0.1, -0.05) is 19.4 Å². The van der Waals surface area contributed by atoms with Crippen molar-refractivity contribution in [3.05, 3.63) is 40.1 Å². The second-order valence-electron chi connectivity index (χ2n) is 9.51. The van der Waals surface area contributed by atoms with Crippen molar-refractivity contribution in [2.24, 2.45) is 0 Å². The highest BCUT2D eigenvalue weighted by molar-refractivity contribution is 5.87. The molecular weight excluding hydrogens is 480 g/mol. The van der Waals surface area contributed by atoms with E-state index in [4.69, 9.17) is 18.6 Å². The van der Waals surface area contributed by atoms with E-state index in [0.29, 0.717) is 34.7 Å². The molecule has 0 aliphatic carbocycles. The number of aromatic hydroxyl groups is 1. The lowest BCUT2D eigenvalue weighted by molar-refractivity contribution is 0.0271. The second kappa shape index (κ2) is 11.4. The van der Waals surface area contributed by atoms with Gasteiger partial charge in [0.15, 0.2) is 0 Å². The number of nitrogens with zero attached hydrogens (tertiary/aromatic N) is 3. The highest BCUT2D eigenvalue weighted by atomic mass is 16.6. The van der Waals surface area contributed by atoms with Crippen LogP contribution in [0.3, 0.4) is 0 Å². The van der Waals surface area contributed by atoms with Crippen molar-refractivity contribution in [3.8, 4) is 39.8 Å². The molecule has 11 heteroatoms. The van der Waals surface area contributed by atoms with Gasteiger partial charge in [-0.05, 0) is 45.7 Å². The van der Waals surface area contributed by atoms with Crippen LogP contribution in [0.25, 0.3) is 22.6 Å². The molecule has 3 aromatic rings. The zero-order valence-electron chi connectivity index (χ0n) is 22.3. The van der Waals surface area contributed by atoms with E-state index in [9.17, 15) is 14.7 Å². The largest absolute Gasteiger partial charge is 0.506 e. The Bertz CT molecular complexity index is 1280. The first-order valence-corrected chi connectivity index (χ1v) is 12.0. The highest BCUT2D eigenvalue weighted by Crippen LogP contribution is 2.46. The summed E-state index contributed by atoms with van der Waals surface area (Å²) in [6, 6.07) is 5.24. The molecule has 0 unspecified atom stereocenters. The molecule has 0 saturated carbocycles. The number of hydrogen-bond donors (Lipinski definition) is 2. The average Bonchev–Trinajstić information content (AvgIpc) is 3.28. The van der Waals surface area contributed by atoms with Crippen LogP contribution in [0.15, 0.2) is 27.4 Å². The van der Waals surface area contributed by atoms with E-state index in [1.54, 1.807) is 39.0 Å². The van der Waals surface area contributed by atoms with Gasteiger partial charge in [-0.25, -0.2) is 4.79 Å². The second-order valence-corrected chi connectivity index (χ2v) is 9.51. The van der Waals surface area contributed by atoms with Crippen molar-refractivity contribution in [1.82, 2.24) is 20.1 Å². The molecule has 0 aliphatic rings. The minimum atomic E-state index is -0.667. The topological polar surface area (TPSA) is 140 Å². The Morgan fingerprint density at radius 1 is 1.11 bits per heavy atom. The molecule has 0 saturated heterocycles. The minimum Gasteiger partial charge on any atom is -0.506 e. The predicted octanol–water partition coefficient (Wildman–Crippen LogP) is 4.52. The fourth-order valence-electron chi connectivity index (χ4n) is 3.77. The maximum absolute atomic E-state index is 13.1. The summed E-state index contributed by atoms with van der Waals surface area (Å²) in [6.45, 7) is 7.26. The van der Waals surface area contributed by atoms with Crippen molar-refractivity contribution in [2.75, 3.05) is 21.3 Å². The number of pyridine rings is 1. The third-order valence-corrected chi connectivity index (χ3v) is 5.48. The maximum Gasteiger partial charge on any atom is 0.410 e. The molecule has 37 heavy (non-hydrogen) atoms. The van der Waals surface area contributed by atoms with Crippen molar-refractivity contribution >= 4 is 6.09 Å². The third kappa shape index (κ3) is 6.22. The van der Waals surface area contributed by atoms with Crippen LogP contribution in [0.5, 0.6) is 17.2 Å². The summed E-state index contributed by atoms with van der Waals surface area (Å²) in [6.07, 6.45) is 1.59. The predicted molar refractivity (Wildman–Crippen MR) is 137 cm³/mol. The standard InChI is InChI=1S/C26H34N4O7/c1-8-9-11-15-19(20-16(34-6)12-10-13-17(20)35-7)22(31)21(23(32)27-15)24-29-28-18(36-24)14-30(5)25(33)37-26(2,3)4/h10,12-13H,8-9,11,14H2,1-7H3,(H2,27,31,32). The summed E-state index contributed by atoms with van der Waals surface area (Å²) in [5, 5.41) is 19.4. The van der Waals surface area contributed by atoms with Gasteiger partial charge in [-0.3, -0.25) is 4.79 Å². The molecule has 1 aromatic carbocycles. The lowest BCUT2D eigenvalue weighted by Gasteiger charge is -2.23. The van der Waals surface area contributed by atoms with Crippen molar-refractivity contribution in [1.29, 1.82) is 0 Å². The minimum absolute atomic E-state index is 0.0532. The van der Waals surface area contributed by atoms with Crippen LogP contribution < -0.4 is 15.0 Å². The number of benzene rings is 1. The summed E-state index contributed by atoms with van der Waals surface area (Å²) < 4.78 is 22.1. The van der Waals surface area contributed by atoms with Crippen molar-refractivity contribution in [2.45, 2.75) is 59.1 Å². The van der Waals surface area contributed by atoms with Crippen LogP contribution in [0, 0.1) is 0 Å². The monoisotopic (exact) mass is 514 g/mol. The van der Waals surface area contributed by atoms with Gasteiger partial charge in [-0.15, -0.1) is 10.2 Å². The fraction of sp³-hybridized carbons (Fsp3) is 0.462. The van der Waals surface area contributed by atoms with Crippen LogP contribution in [0.2, 0.25) is 0 Å². The molecule has 0 fully saturated rings. The average molecular weight is 515 g/mol. The number of H-pyrrole nitrogens is 1. The molecule has 11 nitrogen and oxygen atoms in total. The molecule has 2 aromatic heterocycles. The SMILES string of the molecule is CCCCc1[nH]c(=O)c(-c2nnc(CN(C)C(=O)OC(C)(C)C)o2)c(O)c1-c1c(OC)cccc1OC. The molecule has 0 aliphatic heterocycles. The number of unbranched alkanes of at least 4 members (excludes halogenated alkanes) is 1. The number of aromatic amines is 1. The summed E-state index contributed by atoms with van der Waals surface area (Å²) in [5.41, 5.74) is -0.0834. The number of aromatic nitrogens is 3. The zero-order valence-corrected chi connectivity index (χ0v) is 22.3. The van der Waals surface area contributed by atoms with Crippen LogP contribution >= 0.6 is 0 Å². The highest BCUT2D eigenvalue weighted by Gasteiger charge is 2.28. The lowest BCUT2D eigenvalue weighted by Crippen LogP contribution is -2.33. The van der Waals surface area contributed by atoms with E-state index in [-0.39, 0.29) is 29.6 Å². The first kappa shape index (κ1) is 27.6. The summed E-state index contributed by atoms with van der Waals surface area (Å²) in [4.78, 5) is 29.6. The third-order valence-electron chi connectivity index (χ3n) is 5.48. The first-order valence-electron chi connectivity index (χ1n) is 12.0. The zero-order chi connectivity index (χ0) is 27.3. The molecule has 1 amide bonds. The number of rotatable bonds is 9. The van der Waals surface area contributed by atoms with Gasteiger partial charge in [0.25, 0.3) is 11.4 Å². The molecule has 3 rings (SSSR count). The molecule has 2 heterocycles. The van der Waals surface area contributed by atoms with Gasteiger partial charge in [0.05, 0.1) is 25.3 Å². The van der Waals surface area contributed by atoms with E-state index in [1.807, 2.05) is 6.92 Å². The number of carbonyl (C=O) groups is 1. The van der Waals surface area contributed by atoms with E-state index in [0.717, 1.165) is 12.8 Å². The number of carbonyl (C=O) groups excluding carboxylic acids is 1. The number of amides is 1. The Morgan fingerprint density at radius 2 is 1.76 bits per heavy atom. The number of ether oxygens (including phenoxy) is 3. The van der Waals surface area contributed by atoms with Gasteiger partial charge in [-0.2, -0.15) is 0 Å². The molecule has 0 atom stereocenters. The summed E-state index contributed by atoms with van der Waals surface area (Å²) in [5.74, 6) is 0.441. The Balaban J connectivity index is 2.10. The number of methoxy groups -OCH3 is 2. The summed E-state index contributed by atoms with van der Waals surface area (Å²) in [7, 11) is 4.55. The van der Waals surface area contributed by atoms with Crippen LogP contribution in [0.1, 0.15) is 52.1 Å². The van der Waals surface area contributed by atoms with E-state index >= 15 is 0 Å². The van der Waals surface area contributed by atoms with Crippen LogP contribution in [-0.4, -0.2) is 58.1 Å². The van der Waals surface area contributed by atoms with Crippen LogP contribution in [0.4, 0.5) is 4.79 Å². The molecule has 0 bridgehead atoms.